The lowest BCUT2D eigenvalue weighted by Gasteiger charge is -2.19. The van der Waals surface area contributed by atoms with Gasteiger partial charge in [-0.3, -0.25) is 14.5 Å². The molecule has 124 valence electrons. The second-order valence-corrected chi connectivity index (χ2v) is 5.54. The van der Waals surface area contributed by atoms with Crippen LogP contribution in [0.25, 0.3) is 10.9 Å². The molecule has 0 spiro atoms. The molecule has 1 aromatic carbocycles. The number of carbonyl (C=O) groups excluding carboxylic acids is 1. The van der Waals surface area contributed by atoms with Crippen LogP contribution >= 0.6 is 0 Å². The van der Waals surface area contributed by atoms with Crippen LogP contribution in [0.3, 0.4) is 0 Å². The molecule has 0 unspecified atom stereocenters. The quantitative estimate of drug-likeness (QED) is 0.726. The van der Waals surface area contributed by atoms with Crippen molar-refractivity contribution < 1.29 is 4.79 Å². The molecule has 0 aliphatic rings. The maximum absolute atomic E-state index is 12.1. The molecule has 0 aliphatic carbocycles. The van der Waals surface area contributed by atoms with E-state index in [9.17, 15) is 9.59 Å². The van der Waals surface area contributed by atoms with Crippen LogP contribution in [-0.2, 0) is 11.3 Å². The summed E-state index contributed by atoms with van der Waals surface area (Å²) in [5.41, 5.74) is 0.531. The molecule has 1 aromatic heterocycles. The molecule has 2 rings (SSSR count). The molecule has 0 radical (unpaired) electrons. The number of nitrogens with one attached hydrogen (secondary N) is 2. The molecule has 2 aromatic rings. The minimum atomic E-state index is -0.144. The molecule has 1 heterocycles. The number of H-pyrrole nitrogens is 1. The normalized spacial score (nSPS) is 11.1. The number of carbonyl (C=O) groups is 1. The first kappa shape index (κ1) is 17.1. The fraction of sp³-hybridized carbons (Fsp3) is 0.471. The summed E-state index contributed by atoms with van der Waals surface area (Å²) in [5.74, 6) is 0.584. The van der Waals surface area contributed by atoms with Crippen molar-refractivity contribution in [3.8, 4) is 0 Å². The monoisotopic (exact) mass is 316 g/mol. The summed E-state index contributed by atoms with van der Waals surface area (Å²) >= 11 is 0. The standard InChI is InChI=1S/C17H24N4O2/c1-3-5-10-18-16(22)12-21(4-2)11-15-19-14-9-7-6-8-13(14)17(23)20-15/h6-9H,3-5,10-12H2,1-2H3,(H,18,22)(H,19,20,23). The number of hydrogen-bond donors (Lipinski definition) is 2. The molecule has 1 amide bonds. The zero-order valence-corrected chi connectivity index (χ0v) is 13.8. The van der Waals surface area contributed by atoms with Crippen molar-refractivity contribution in [1.82, 2.24) is 20.2 Å². The summed E-state index contributed by atoms with van der Waals surface area (Å²) in [7, 11) is 0. The molecule has 6 heteroatoms. The maximum atomic E-state index is 12.1. The molecular weight excluding hydrogens is 292 g/mol. The summed E-state index contributed by atoms with van der Waals surface area (Å²) < 4.78 is 0. The highest BCUT2D eigenvalue weighted by atomic mass is 16.2. The smallest absolute Gasteiger partial charge is 0.258 e. The van der Waals surface area contributed by atoms with E-state index >= 15 is 0 Å². The molecule has 0 fully saturated rings. The van der Waals surface area contributed by atoms with E-state index in [4.69, 9.17) is 0 Å². The maximum Gasteiger partial charge on any atom is 0.258 e. The van der Waals surface area contributed by atoms with Gasteiger partial charge in [0.25, 0.3) is 5.56 Å². The molecule has 0 bridgehead atoms. The number of amides is 1. The van der Waals surface area contributed by atoms with Gasteiger partial charge in [-0.05, 0) is 25.1 Å². The van der Waals surface area contributed by atoms with E-state index in [2.05, 4.69) is 22.2 Å². The number of para-hydroxylation sites is 1. The van der Waals surface area contributed by atoms with E-state index < -0.39 is 0 Å². The molecule has 0 saturated heterocycles. The zero-order valence-electron chi connectivity index (χ0n) is 13.8. The van der Waals surface area contributed by atoms with E-state index in [0.717, 1.165) is 12.8 Å². The van der Waals surface area contributed by atoms with Crippen LogP contribution in [0, 0.1) is 0 Å². The zero-order chi connectivity index (χ0) is 16.7. The van der Waals surface area contributed by atoms with Gasteiger partial charge in [-0.1, -0.05) is 32.4 Å². The van der Waals surface area contributed by atoms with Crippen LogP contribution in [0.2, 0.25) is 0 Å². The van der Waals surface area contributed by atoms with Gasteiger partial charge in [0.2, 0.25) is 5.91 Å². The molecule has 23 heavy (non-hydrogen) atoms. The number of hydrogen-bond acceptors (Lipinski definition) is 4. The van der Waals surface area contributed by atoms with Crippen LogP contribution in [0.4, 0.5) is 0 Å². The number of nitrogens with zero attached hydrogens (tertiary/aromatic N) is 2. The first-order valence-corrected chi connectivity index (χ1v) is 8.11. The highest BCUT2D eigenvalue weighted by Crippen LogP contribution is 2.07. The number of unbranched alkanes of at least 4 members (excludes halogenated alkanes) is 1. The Kier molecular flexibility index (Phi) is 6.29. The molecular formula is C17H24N4O2. The summed E-state index contributed by atoms with van der Waals surface area (Å²) in [6.45, 7) is 6.23. The minimum absolute atomic E-state index is 0.00318. The first-order chi connectivity index (χ1) is 11.1. The van der Waals surface area contributed by atoms with Gasteiger partial charge in [-0.2, -0.15) is 0 Å². The van der Waals surface area contributed by atoms with Crippen molar-refractivity contribution in [3.05, 3.63) is 40.4 Å². The molecule has 2 N–H and O–H groups in total. The molecule has 0 aliphatic heterocycles. The van der Waals surface area contributed by atoms with Crippen molar-refractivity contribution in [2.45, 2.75) is 33.2 Å². The summed E-state index contributed by atoms with van der Waals surface area (Å²) in [6, 6.07) is 7.25. The predicted octanol–water partition coefficient (Wildman–Crippen LogP) is 1.66. The van der Waals surface area contributed by atoms with E-state index in [1.54, 1.807) is 6.07 Å². The number of rotatable bonds is 8. The fourth-order valence-corrected chi connectivity index (χ4v) is 2.36. The number of benzene rings is 1. The second-order valence-electron chi connectivity index (χ2n) is 5.54. The fourth-order valence-electron chi connectivity index (χ4n) is 2.36. The Hall–Kier alpha value is -2.21. The van der Waals surface area contributed by atoms with E-state index in [1.165, 1.54) is 0 Å². The number of likely N-dealkylation sites (N-methyl/N-ethyl adjacent to an activating group) is 1. The van der Waals surface area contributed by atoms with Crippen LogP contribution in [-0.4, -0.2) is 40.4 Å². The Balaban J connectivity index is 2.04. The lowest BCUT2D eigenvalue weighted by atomic mass is 10.2. The van der Waals surface area contributed by atoms with Gasteiger partial charge in [0.15, 0.2) is 0 Å². The topological polar surface area (TPSA) is 78.1 Å². The van der Waals surface area contributed by atoms with Crippen LogP contribution in [0.1, 0.15) is 32.5 Å². The Labute approximate surface area is 135 Å². The number of fused-ring (bicyclic) bond motifs is 1. The molecule has 6 nitrogen and oxygen atoms in total. The van der Waals surface area contributed by atoms with Crippen molar-refractivity contribution in [2.24, 2.45) is 0 Å². The Morgan fingerprint density at radius 3 is 2.83 bits per heavy atom. The van der Waals surface area contributed by atoms with Crippen molar-refractivity contribution in [3.63, 3.8) is 0 Å². The Morgan fingerprint density at radius 1 is 1.30 bits per heavy atom. The van der Waals surface area contributed by atoms with Gasteiger partial charge in [-0.15, -0.1) is 0 Å². The lowest BCUT2D eigenvalue weighted by molar-refractivity contribution is -0.122. The highest BCUT2D eigenvalue weighted by molar-refractivity contribution is 5.78. The second kappa shape index (κ2) is 8.43. The predicted molar refractivity (Wildman–Crippen MR) is 91.2 cm³/mol. The first-order valence-electron chi connectivity index (χ1n) is 8.11. The van der Waals surface area contributed by atoms with Crippen LogP contribution in [0.15, 0.2) is 29.1 Å². The van der Waals surface area contributed by atoms with Gasteiger partial charge in [0.05, 0.1) is 24.0 Å². The van der Waals surface area contributed by atoms with Gasteiger partial charge in [-0.25, -0.2) is 4.98 Å². The third-order valence-corrected chi connectivity index (χ3v) is 3.70. The Bertz CT molecular complexity index is 711. The number of aromatic nitrogens is 2. The van der Waals surface area contributed by atoms with E-state index in [1.807, 2.05) is 30.0 Å². The highest BCUT2D eigenvalue weighted by Gasteiger charge is 2.11. The average molecular weight is 316 g/mol. The number of aromatic amines is 1. The van der Waals surface area contributed by atoms with Gasteiger partial charge < -0.3 is 10.3 Å². The van der Waals surface area contributed by atoms with Crippen molar-refractivity contribution >= 4 is 16.8 Å². The van der Waals surface area contributed by atoms with Gasteiger partial charge in [0, 0.05) is 6.54 Å². The third kappa shape index (κ3) is 4.89. The van der Waals surface area contributed by atoms with Crippen LogP contribution in [0.5, 0.6) is 0 Å². The average Bonchev–Trinajstić information content (AvgIpc) is 2.54. The van der Waals surface area contributed by atoms with Gasteiger partial charge >= 0.3 is 0 Å². The third-order valence-electron chi connectivity index (χ3n) is 3.70. The van der Waals surface area contributed by atoms with Crippen LogP contribution < -0.4 is 10.9 Å². The Morgan fingerprint density at radius 2 is 2.09 bits per heavy atom. The lowest BCUT2D eigenvalue weighted by Crippen LogP contribution is -2.37. The minimum Gasteiger partial charge on any atom is -0.355 e. The van der Waals surface area contributed by atoms with Crippen molar-refractivity contribution in [1.29, 1.82) is 0 Å². The van der Waals surface area contributed by atoms with E-state index in [0.29, 0.717) is 42.9 Å². The SMILES string of the molecule is CCCCNC(=O)CN(CC)Cc1nc2ccccc2c(=O)[nH]1. The molecule has 0 atom stereocenters. The largest absolute Gasteiger partial charge is 0.355 e. The summed E-state index contributed by atoms with van der Waals surface area (Å²) in [4.78, 5) is 33.2. The van der Waals surface area contributed by atoms with E-state index in [-0.39, 0.29) is 11.5 Å². The summed E-state index contributed by atoms with van der Waals surface area (Å²) in [5, 5.41) is 3.48. The van der Waals surface area contributed by atoms with Gasteiger partial charge in [0.1, 0.15) is 5.82 Å². The summed E-state index contributed by atoms with van der Waals surface area (Å²) in [6.07, 6.45) is 2.04. The molecule has 0 saturated carbocycles. The van der Waals surface area contributed by atoms with Crippen molar-refractivity contribution in [2.75, 3.05) is 19.6 Å².